The number of carbonyl (C=O) groups excluding carboxylic acids is 1. The Morgan fingerprint density at radius 3 is 3.00 bits per heavy atom. The van der Waals surface area contributed by atoms with E-state index >= 15 is 0 Å². The Balaban J connectivity index is 1.52. The zero-order valence-electron chi connectivity index (χ0n) is 15.1. The molecule has 0 bridgehead atoms. The van der Waals surface area contributed by atoms with Crippen molar-refractivity contribution >= 4 is 16.9 Å². The molecule has 5 heteroatoms. The van der Waals surface area contributed by atoms with Gasteiger partial charge < -0.3 is 14.8 Å². The van der Waals surface area contributed by atoms with Crippen LogP contribution in [0.1, 0.15) is 36.6 Å². The summed E-state index contributed by atoms with van der Waals surface area (Å²) < 4.78 is 5.04. The van der Waals surface area contributed by atoms with E-state index in [0.717, 1.165) is 32.4 Å². The summed E-state index contributed by atoms with van der Waals surface area (Å²) in [4.78, 5) is 18.6. The molecule has 2 aromatic rings. The zero-order chi connectivity index (χ0) is 17.8. The van der Waals surface area contributed by atoms with Crippen molar-refractivity contribution in [3.05, 3.63) is 35.5 Å². The number of aliphatic hydroxyl groups excluding tert-OH is 1. The second kappa shape index (κ2) is 6.10. The Hall–Kier alpha value is -1.85. The second-order valence-electron chi connectivity index (χ2n) is 8.18. The number of hydrogen-bond donors (Lipinski definition) is 2. The monoisotopic (exact) mass is 354 g/mol. The molecule has 1 unspecified atom stereocenters. The van der Waals surface area contributed by atoms with E-state index in [-0.39, 0.29) is 17.8 Å². The summed E-state index contributed by atoms with van der Waals surface area (Å²) in [5.74, 6) is 0.0541. The van der Waals surface area contributed by atoms with Gasteiger partial charge in [0.25, 0.3) is 0 Å². The number of ether oxygens (including phenoxy) is 1. The van der Waals surface area contributed by atoms with Crippen LogP contribution in [0.25, 0.3) is 10.9 Å². The van der Waals surface area contributed by atoms with Gasteiger partial charge in [-0.3, -0.25) is 9.69 Å². The van der Waals surface area contributed by atoms with Gasteiger partial charge in [-0.1, -0.05) is 18.2 Å². The maximum atomic E-state index is 12.4. The fourth-order valence-corrected chi connectivity index (χ4v) is 5.80. The third-order valence-electron chi connectivity index (χ3n) is 7.02. The lowest BCUT2D eigenvalue weighted by Gasteiger charge is -2.50. The van der Waals surface area contributed by atoms with Gasteiger partial charge in [-0.2, -0.15) is 0 Å². The SMILES string of the molecule is COC(=O)[C@H]1[C@@H](O)CCC2CN3CCc4c([nH]c5ccccc45)[C@@H]3C[C@@H]21. The molecule has 1 saturated heterocycles. The van der Waals surface area contributed by atoms with Crippen LogP contribution in [0.2, 0.25) is 0 Å². The first-order valence-electron chi connectivity index (χ1n) is 9.76. The van der Waals surface area contributed by atoms with E-state index in [4.69, 9.17) is 4.74 Å². The summed E-state index contributed by atoms with van der Waals surface area (Å²) in [6.45, 7) is 2.10. The van der Waals surface area contributed by atoms with Crippen LogP contribution in [0.3, 0.4) is 0 Å². The molecule has 3 aliphatic rings. The van der Waals surface area contributed by atoms with Gasteiger partial charge in [0.05, 0.1) is 25.2 Å². The molecule has 1 aromatic heterocycles. The van der Waals surface area contributed by atoms with Crippen LogP contribution in [0, 0.1) is 17.8 Å². The minimum Gasteiger partial charge on any atom is -0.469 e. The van der Waals surface area contributed by atoms with E-state index in [1.807, 2.05) is 0 Å². The van der Waals surface area contributed by atoms with Gasteiger partial charge in [0, 0.05) is 29.7 Å². The number of aromatic nitrogens is 1. The van der Waals surface area contributed by atoms with Crippen molar-refractivity contribution < 1.29 is 14.6 Å². The Bertz CT molecular complexity index is 845. The molecule has 26 heavy (non-hydrogen) atoms. The maximum absolute atomic E-state index is 12.4. The molecule has 138 valence electrons. The minimum atomic E-state index is -0.568. The highest BCUT2D eigenvalue weighted by molar-refractivity contribution is 5.85. The number of para-hydroxylation sites is 1. The van der Waals surface area contributed by atoms with Crippen molar-refractivity contribution in [2.24, 2.45) is 17.8 Å². The van der Waals surface area contributed by atoms with E-state index in [9.17, 15) is 9.90 Å². The maximum Gasteiger partial charge on any atom is 0.311 e. The van der Waals surface area contributed by atoms with Crippen molar-refractivity contribution in [2.75, 3.05) is 20.2 Å². The van der Waals surface area contributed by atoms with Gasteiger partial charge >= 0.3 is 5.97 Å². The molecule has 2 N–H and O–H groups in total. The number of aliphatic hydroxyl groups is 1. The molecule has 5 rings (SSSR count). The lowest BCUT2D eigenvalue weighted by Crippen LogP contribution is -2.53. The van der Waals surface area contributed by atoms with Crippen LogP contribution in [-0.4, -0.2) is 47.3 Å². The lowest BCUT2D eigenvalue weighted by atomic mass is 9.65. The van der Waals surface area contributed by atoms with Crippen molar-refractivity contribution in [3.8, 4) is 0 Å². The summed E-state index contributed by atoms with van der Waals surface area (Å²) in [5, 5.41) is 11.8. The molecule has 3 heterocycles. The molecule has 0 spiro atoms. The smallest absolute Gasteiger partial charge is 0.311 e. The van der Waals surface area contributed by atoms with Crippen molar-refractivity contribution in [1.82, 2.24) is 9.88 Å². The number of fused-ring (bicyclic) bond motifs is 6. The molecule has 5 nitrogen and oxygen atoms in total. The minimum absolute atomic E-state index is 0.199. The summed E-state index contributed by atoms with van der Waals surface area (Å²) >= 11 is 0. The first-order chi connectivity index (χ1) is 12.7. The molecule has 0 radical (unpaired) electrons. The molecule has 0 amide bonds. The summed E-state index contributed by atoms with van der Waals surface area (Å²) in [5.41, 5.74) is 3.96. The quantitative estimate of drug-likeness (QED) is 0.773. The molecule has 1 saturated carbocycles. The first-order valence-corrected chi connectivity index (χ1v) is 9.76. The van der Waals surface area contributed by atoms with E-state index in [0.29, 0.717) is 18.4 Å². The van der Waals surface area contributed by atoms with Crippen molar-refractivity contribution in [3.63, 3.8) is 0 Å². The Morgan fingerprint density at radius 1 is 1.31 bits per heavy atom. The standard InChI is InChI=1S/C21H26N2O3/c1-26-21(25)19-15-10-17-20-14(13-4-2-3-5-16(13)22-20)8-9-23(17)11-12(15)6-7-18(19)24/h2-5,12,15,17-19,22,24H,6-11H2,1H3/t12?,15-,17-,18-,19+/m0/s1. The van der Waals surface area contributed by atoms with Gasteiger partial charge in [0.15, 0.2) is 0 Å². The number of benzene rings is 1. The van der Waals surface area contributed by atoms with Gasteiger partial charge in [-0.25, -0.2) is 0 Å². The Kier molecular flexibility index (Phi) is 3.83. The van der Waals surface area contributed by atoms with E-state index in [2.05, 4.69) is 34.1 Å². The number of H-pyrrole nitrogens is 1. The molecule has 5 atom stereocenters. The van der Waals surface area contributed by atoms with Gasteiger partial charge in [0.1, 0.15) is 0 Å². The van der Waals surface area contributed by atoms with Gasteiger partial charge in [0.2, 0.25) is 0 Å². The van der Waals surface area contributed by atoms with Crippen LogP contribution < -0.4 is 0 Å². The number of carbonyl (C=O) groups is 1. The largest absolute Gasteiger partial charge is 0.469 e. The highest BCUT2D eigenvalue weighted by Gasteiger charge is 2.49. The van der Waals surface area contributed by atoms with Crippen LogP contribution in [0.15, 0.2) is 24.3 Å². The molecular weight excluding hydrogens is 328 g/mol. The number of nitrogens with zero attached hydrogens (tertiary/aromatic N) is 1. The molecule has 2 aliphatic heterocycles. The normalized spacial score (nSPS) is 34.0. The Morgan fingerprint density at radius 2 is 2.15 bits per heavy atom. The fourth-order valence-electron chi connectivity index (χ4n) is 5.80. The number of methoxy groups -OCH3 is 1. The summed E-state index contributed by atoms with van der Waals surface area (Å²) in [6, 6.07) is 8.83. The number of aromatic amines is 1. The van der Waals surface area contributed by atoms with Crippen LogP contribution >= 0.6 is 0 Å². The topological polar surface area (TPSA) is 65.6 Å². The van der Waals surface area contributed by atoms with E-state index in [1.54, 1.807) is 0 Å². The van der Waals surface area contributed by atoms with Gasteiger partial charge in [-0.05, 0) is 49.1 Å². The average molecular weight is 354 g/mol. The van der Waals surface area contributed by atoms with Gasteiger partial charge in [-0.15, -0.1) is 0 Å². The molecule has 2 fully saturated rings. The highest BCUT2D eigenvalue weighted by atomic mass is 16.5. The number of esters is 1. The van der Waals surface area contributed by atoms with Crippen LogP contribution in [0.4, 0.5) is 0 Å². The summed E-state index contributed by atoms with van der Waals surface area (Å²) in [7, 11) is 1.43. The Labute approximate surface area is 153 Å². The lowest BCUT2D eigenvalue weighted by molar-refractivity contribution is -0.160. The third kappa shape index (κ3) is 2.33. The predicted octanol–water partition coefficient (Wildman–Crippen LogP) is 2.65. The zero-order valence-corrected chi connectivity index (χ0v) is 15.1. The highest BCUT2D eigenvalue weighted by Crippen LogP contribution is 2.49. The fraction of sp³-hybridized carbons (Fsp3) is 0.571. The number of piperidine rings is 1. The predicted molar refractivity (Wildman–Crippen MR) is 98.7 cm³/mol. The van der Waals surface area contributed by atoms with Crippen molar-refractivity contribution in [2.45, 2.75) is 37.8 Å². The molecular formula is C21H26N2O3. The third-order valence-corrected chi connectivity index (χ3v) is 7.02. The first kappa shape index (κ1) is 16.3. The van der Waals surface area contributed by atoms with Crippen LogP contribution in [-0.2, 0) is 16.0 Å². The average Bonchev–Trinajstić information content (AvgIpc) is 3.05. The number of rotatable bonds is 1. The number of nitrogens with one attached hydrogen (secondary N) is 1. The number of hydrogen-bond acceptors (Lipinski definition) is 4. The molecule has 1 aliphatic carbocycles. The molecule has 1 aromatic carbocycles. The summed E-state index contributed by atoms with van der Waals surface area (Å²) in [6.07, 6.45) is 3.14. The van der Waals surface area contributed by atoms with Crippen molar-refractivity contribution in [1.29, 1.82) is 0 Å². The van der Waals surface area contributed by atoms with Crippen LogP contribution in [0.5, 0.6) is 0 Å². The van der Waals surface area contributed by atoms with E-state index < -0.39 is 6.10 Å². The van der Waals surface area contributed by atoms with E-state index in [1.165, 1.54) is 29.3 Å². The second-order valence-corrected chi connectivity index (χ2v) is 8.18.